The summed E-state index contributed by atoms with van der Waals surface area (Å²) >= 11 is 0. The van der Waals surface area contributed by atoms with E-state index in [1.54, 1.807) is 0 Å². The summed E-state index contributed by atoms with van der Waals surface area (Å²) in [6, 6.07) is 15.5. The van der Waals surface area contributed by atoms with Crippen molar-refractivity contribution in [2.24, 2.45) is 5.92 Å². The molecule has 1 N–H and O–H groups in total. The van der Waals surface area contributed by atoms with Crippen LogP contribution in [0.4, 0.5) is 4.39 Å². The van der Waals surface area contributed by atoms with Crippen molar-refractivity contribution in [1.82, 2.24) is 10.2 Å². The summed E-state index contributed by atoms with van der Waals surface area (Å²) < 4.78 is 20.7. The van der Waals surface area contributed by atoms with Gasteiger partial charge in [0.25, 0.3) is 0 Å². The number of amides is 1. The zero-order valence-electron chi connectivity index (χ0n) is 17.8. The van der Waals surface area contributed by atoms with E-state index in [1.165, 1.54) is 12.8 Å². The Kier molecular flexibility index (Phi) is 6.53. The van der Waals surface area contributed by atoms with Crippen LogP contribution in [0.2, 0.25) is 0 Å². The molecular formula is C25H28FN3O2. The van der Waals surface area contributed by atoms with Gasteiger partial charge in [-0.1, -0.05) is 30.3 Å². The number of hydrogen-bond acceptors (Lipinski definition) is 4. The second-order valence-electron chi connectivity index (χ2n) is 8.62. The highest BCUT2D eigenvalue weighted by molar-refractivity contribution is 5.78. The number of carbonyl (C=O) groups excluding carboxylic acids is 1. The third kappa shape index (κ3) is 5.62. The minimum Gasteiger partial charge on any atom is -0.493 e. The molecule has 2 atom stereocenters. The number of nitrogens with zero attached hydrogens (tertiary/aromatic N) is 2. The minimum absolute atomic E-state index is 0.141. The first-order valence-corrected chi connectivity index (χ1v) is 10.9. The summed E-state index contributed by atoms with van der Waals surface area (Å²) in [7, 11) is 0. The van der Waals surface area contributed by atoms with Crippen LogP contribution in [0.3, 0.4) is 0 Å². The third-order valence-corrected chi connectivity index (χ3v) is 5.95. The van der Waals surface area contributed by atoms with Crippen molar-refractivity contribution >= 4 is 5.91 Å². The highest BCUT2D eigenvalue weighted by Gasteiger charge is 2.26. The van der Waals surface area contributed by atoms with Crippen molar-refractivity contribution in [1.29, 1.82) is 5.26 Å². The van der Waals surface area contributed by atoms with Crippen LogP contribution < -0.4 is 10.1 Å². The summed E-state index contributed by atoms with van der Waals surface area (Å²) in [6.45, 7) is 4.36. The molecule has 2 aromatic rings. The zero-order valence-corrected chi connectivity index (χ0v) is 17.8. The van der Waals surface area contributed by atoms with Crippen LogP contribution in [0.5, 0.6) is 5.75 Å². The van der Waals surface area contributed by atoms with E-state index in [0.717, 1.165) is 34.6 Å². The summed E-state index contributed by atoms with van der Waals surface area (Å²) in [5.74, 6) is 1.17. The standard InChI is InChI=1S/C25H28FN3O2/c1-17(28-25(30)10-11-27)20-6-4-18(5-7-20)13-29-14-21-8-9-22(31-16-19-2-3-19)12-23(21)24(26)15-29/h4-9,12,17,19,24H,2-3,10,13-16H2,1H3,(H,28,30)/t17-,24?/m0/s1. The fourth-order valence-corrected chi connectivity index (χ4v) is 3.97. The van der Waals surface area contributed by atoms with Gasteiger partial charge in [-0.2, -0.15) is 5.26 Å². The van der Waals surface area contributed by atoms with Crippen LogP contribution >= 0.6 is 0 Å². The lowest BCUT2D eigenvalue weighted by atomic mass is 9.97. The number of alkyl halides is 1. The molecule has 6 heteroatoms. The first-order chi connectivity index (χ1) is 15.0. The molecule has 5 nitrogen and oxygen atoms in total. The molecule has 2 aliphatic rings. The second-order valence-corrected chi connectivity index (χ2v) is 8.62. The van der Waals surface area contributed by atoms with Gasteiger partial charge in [-0.15, -0.1) is 0 Å². The lowest BCUT2D eigenvalue weighted by molar-refractivity contribution is -0.120. The number of carbonyl (C=O) groups is 1. The largest absolute Gasteiger partial charge is 0.493 e. The van der Waals surface area contributed by atoms with Crippen molar-refractivity contribution in [2.75, 3.05) is 13.2 Å². The number of nitrogens with one attached hydrogen (secondary N) is 1. The number of ether oxygens (including phenoxy) is 1. The Bertz CT molecular complexity index is 966. The number of rotatable bonds is 8. The molecule has 31 heavy (non-hydrogen) atoms. The van der Waals surface area contributed by atoms with E-state index in [2.05, 4.69) is 10.2 Å². The number of benzene rings is 2. The third-order valence-electron chi connectivity index (χ3n) is 5.95. The van der Waals surface area contributed by atoms with E-state index >= 15 is 0 Å². The molecule has 1 heterocycles. The maximum absolute atomic E-state index is 14.9. The van der Waals surface area contributed by atoms with E-state index in [4.69, 9.17) is 10.00 Å². The molecule has 162 valence electrons. The molecule has 0 saturated heterocycles. The van der Waals surface area contributed by atoms with Gasteiger partial charge < -0.3 is 10.1 Å². The Hall–Kier alpha value is -2.91. The molecule has 1 aliphatic carbocycles. The number of hydrogen-bond donors (Lipinski definition) is 1. The summed E-state index contributed by atoms with van der Waals surface area (Å²) in [6.07, 6.45) is 1.31. The van der Waals surface area contributed by atoms with Crippen molar-refractivity contribution in [3.8, 4) is 11.8 Å². The van der Waals surface area contributed by atoms with E-state index in [-0.39, 0.29) is 18.4 Å². The van der Waals surface area contributed by atoms with Gasteiger partial charge in [0.2, 0.25) is 5.91 Å². The fraction of sp³-hybridized carbons (Fsp3) is 0.440. The summed E-state index contributed by atoms with van der Waals surface area (Å²) in [4.78, 5) is 13.7. The first kappa shape index (κ1) is 21.3. The van der Waals surface area contributed by atoms with Crippen LogP contribution in [0.15, 0.2) is 42.5 Å². The Morgan fingerprint density at radius 1 is 1.29 bits per heavy atom. The lowest BCUT2D eigenvalue weighted by Crippen LogP contribution is -2.31. The van der Waals surface area contributed by atoms with Gasteiger partial charge in [0.1, 0.15) is 18.3 Å². The van der Waals surface area contributed by atoms with E-state index in [1.807, 2.05) is 55.5 Å². The Balaban J connectivity index is 1.35. The molecule has 1 unspecified atom stereocenters. The van der Waals surface area contributed by atoms with Gasteiger partial charge in [0.15, 0.2) is 0 Å². The maximum atomic E-state index is 14.9. The van der Waals surface area contributed by atoms with Crippen LogP contribution in [0, 0.1) is 17.2 Å². The summed E-state index contributed by atoms with van der Waals surface area (Å²) in [5.41, 5.74) is 3.84. The molecule has 1 amide bonds. The van der Waals surface area contributed by atoms with Crippen molar-refractivity contribution < 1.29 is 13.9 Å². The van der Waals surface area contributed by atoms with E-state index < -0.39 is 6.17 Å². The lowest BCUT2D eigenvalue weighted by Gasteiger charge is -2.31. The van der Waals surface area contributed by atoms with Crippen LogP contribution in [-0.4, -0.2) is 24.0 Å². The van der Waals surface area contributed by atoms with Gasteiger partial charge in [0.05, 0.1) is 18.7 Å². The maximum Gasteiger partial charge on any atom is 0.234 e. The molecule has 0 spiro atoms. The monoisotopic (exact) mass is 421 g/mol. The first-order valence-electron chi connectivity index (χ1n) is 10.9. The van der Waals surface area contributed by atoms with Gasteiger partial charge in [-0.3, -0.25) is 9.69 Å². The normalized spacial score (nSPS) is 19.2. The van der Waals surface area contributed by atoms with Gasteiger partial charge >= 0.3 is 0 Å². The highest BCUT2D eigenvalue weighted by atomic mass is 19.1. The Labute approximate surface area is 182 Å². The Morgan fingerprint density at radius 2 is 2.06 bits per heavy atom. The molecule has 0 bridgehead atoms. The quantitative estimate of drug-likeness (QED) is 0.677. The zero-order chi connectivity index (χ0) is 21.8. The molecule has 1 aliphatic heterocycles. The molecule has 2 aromatic carbocycles. The van der Waals surface area contributed by atoms with Crippen LogP contribution in [-0.2, 0) is 17.9 Å². The molecule has 4 rings (SSSR count). The average Bonchev–Trinajstić information content (AvgIpc) is 3.58. The van der Waals surface area contributed by atoms with Gasteiger partial charge in [-0.25, -0.2) is 4.39 Å². The van der Waals surface area contributed by atoms with E-state index in [0.29, 0.717) is 25.6 Å². The molecule has 0 radical (unpaired) electrons. The molecule has 1 saturated carbocycles. The van der Waals surface area contributed by atoms with E-state index in [9.17, 15) is 9.18 Å². The van der Waals surface area contributed by atoms with Gasteiger partial charge in [-0.05, 0) is 60.1 Å². The average molecular weight is 422 g/mol. The summed E-state index contributed by atoms with van der Waals surface area (Å²) in [5, 5.41) is 11.4. The van der Waals surface area contributed by atoms with Crippen molar-refractivity contribution in [3.05, 3.63) is 64.7 Å². The number of halogens is 1. The topological polar surface area (TPSA) is 65.4 Å². The highest BCUT2D eigenvalue weighted by Crippen LogP contribution is 2.34. The smallest absolute Gasteiger partial charge is 0.234 e. The van der Waals surface area contributed by atoms with Crippen LogP contribution in [0.25, 0.3) is 0 Å². The Morgan fingerprint density at radius 3 is 2.77 bits per heavy atom. The molecule has 0 aromatic heterocycles. The number of nitriles is 1. The van der Waals surface area contributed by atoms with Crippen LogP contribution in [0.1, 0.15) is 60.7 Å². The predicted molar refractivity (Wildman–Crippen MR) is 116 cm³/mol. The predicted octanol–water partition coefficient (Wildman–Crippen LogP) is 4.59. The molecular weight excluding hydrogens is 393 g/mol. The SMILES string of the molecule is C[C@H](NC(=O)CC#N)c1ccc(CN2Cc3ccc(OCC4CC4)cc3C(F)C2)cc1. The van der Waals surface area contributed by atoms with Crippen molar-refractivity contribution in [3.63, 3.8) is 0 Å². The van der Waals surface area contributed by atoms with Crippen molar-refractivity contribution in [2.45, 2.75) is 51.5 Å². The second kappa shape index (κ2) is 9.49. The molecule has 1 fully saturated rings. The number of fused-ring (bicyclic) bond motifs is 1. The minimum atomic E-state index is -1.03. The van der Waals surface area contributed by atoms with Gasteiger partial charge in [0, 0.05) is 19.6 Å². The fourth-order valence-electron chi connectivity index (χ4n) is 3.97.